The molecule has 2 aliphatic carbocycles. The lowest BCUT2D eigenvalue weighted by molar-refractivity contribution is -0.122. The summed E-state index contributed by atoms with van der Waals surface area (Å²) in [6.45, 7) is 3.06. The van der Waals surface area contributed by atoms with E-state index in [0.717, 1.165) is 49.7 Å². The summed E-state index contributed by atoms with van der Waals surface area (Å²) in [6, 6.07) is 13.5. The first kappa shape index (κ1) is 24.9. The van der Waals surface area contributed by atoms with Crippen LogP contribution in [0.2, 0.25) is 10.0 Å². The second kappa shape index (κ2) is 10.3. The molecule has 2 saturated carbocycles. The summed E-state index contributed by atoms with van der Waals surface area (Å²) in [5.41, 5.74) is 1.82. The van der Waals surface area contributed by atoms with Crippen molar-refractivity contribution in [3.05, 3.63) is 63.6 Å². The van der Waals surface area contributed by atoms with E-state index in [4.69, 9.17) is 27.9 Å². The van der Waals surface area contributed by atoms with Crippen LogP contribution in [0.1, 0.15) is 43.2 Å². The normalized spacial score (nSPS) is 28.9. The Bertz CT molecular complexity index is 1080. The third kappa shape index (κ3) is 5.48. The summed E-state index contributed by atoms with van der Waals surface area (Å²) in [6.07, 6.45) is 4.76. The molecule has 2 N–H and O–H groups in total. The lowest BCUT2D eigenvalue weighted by Crippen LogP contribution is -2.61. The van der Waals surface area contributed by atoms with E-state index in [2.05, 4.69) is 22.3 Å². The third-order valence-electron chi connectivity index (χ3n) is 8.21. The molecule has 1 unspecified atom stereocenters. The van der Waals surface area contributed by atoms with E-state index in [1.807, 2.05) is 18.2 Å². The molecule has 0 aromatic heterocycles. The molecule has 5 rings (SSSR count). The Balaban J connectivity index is 1.36. The number of aliphatic hydroxyl groups excluding tert-OH is 1. The minimum absolute atomic E-state index is 0.0639. The van der Waals surface area contributed by atoms with Crippen molar-refractivity contribution in [2.24, 2.45) is 11.8 Å². The van der Waals surface area contributed by atoms with Gasteiger partial charge in [0, 0.05) is 30.5 Å². The number of aliphatic hydroxyl groups is 1. The zero-order valence-corrected chi connectivity index (χ0v) is 21.7. The number of piperidine rings is 1. The van der Waals surface area contributed by atoms with Crippen LogP contribution in [-0.4, -0.2) is 54.8 Å². The van der Waals surface area contributed by atoms with Gasteiger partial charge in [-0.3, -0.25) is 4.79 Å². The summed E-state index contributed by atoms with van der Waals surface area (Å²) < 4.78 is 5.54. The highest BCUT2D eigenvalue weighted by Crippen LogP contribution is 2.50. The summed E-state index contributed by atoms with van der Waals surface area (Å²) in [7, 11) is 1.69. The monoisotopic (exact) mass is 516 g/mol. The second-order valence-corrected chi connectivity index (χ2v) is 11.5. The Kier molecular flexibility index (Phi) is 7.32. The molecule has 7 heteroatoms. The van der Waals surface area contributed by atoms with Gasteiger partial charge in [-0.1, -0.05) is 41.4 Å². The molecular weight excluding hydrogens is 483 g/mol. The lowest BCUT2D eigenvalue weighted by Gasteiger charge is -2.55. The third-order valence-corrected chi connectivity index (χ3v) is 8.95. The first-order valence-corrected chi connectivity index (χ1v) is 13.4. The highest BCUT2D eigenvalue weighted by Gasteiger charge is 2.52. The molecule has 1 heterocycles. The summed E-state index contributed by atoms with van der Waals surface area (Å²) in [5, 5.41) is 15.6. The fourth-order valence-corrected chi connectivity index (χ4v) is 6.59. The molecule has 1 amide bonds. The van der Waals surface area contributed by atoms with Crippen LogP contribution in [-0.2, 0) is 16.6 Å². The van der Waals surface area contributed by atoms with Crippen LogP contribution in [0.15, 0.2) is 42.5 Å². The van der Waals surface area contributed by atoms with Gasteiger partial charge in [0.2, 0.25) is 5.91 Å². The van der Waals surface area contributed by atoms with Crippen LogP contribution in [0, 0.1) is 11.8 Å². The maximum absolute atomic E-state index is 13.0. The topological polar surface area (TPSA) is 61.8 Å². The van der Waals surface area contributed by atoms with E-state index in [-0.39, 0.29) is 29.7 Å². The van der Waals surface area contributed by atoms with Gasteiger partial charge in [0.1, 0.15) is 5.75 Å². The molecule has 0 spiro atoms. The van der Waals surface area contributed by atoms with Gasteiger partial charge in [-0.25, -0.2) is 0 Å². The molecule has 0 bridgehead atoms. The number of likely N-dealkylation sites (tertiary alicyclic amines) is 1. The summed E-state index contributed by atoms with van der Waals surface area (Å²) >= 11 is 12.1. The van der Waals surface area contributed by atoms with Crippen molar-refractivity contribution in [3.63, 3.8) is 0 Å². The SMILES string of the molecule is COc1cccc([C@@]23CCN(CC4CC4)C[C@H]2C(O)C[C@H](NC(=O)Cc2ccc(Cl)c(Cl)c2)C3)c1. The van der Waals surface area contributed by atoms with Crippen LogP contribution in [0.4, 0.5) is 0 Å². The zero-order valence-electron chi connectivity index (χ0n) is 20.2. The second-order valence-electron chi connectivity index (χ2n) is 10.6. The zero-order chi connectivity index (χ0) is 24.6. The first-order valence-electron chi connectivity index (χ1n) is 12.6. The minimum atomic E-state index is -0.479. The number of methoxy groups -OCH3 is 1. The number of halogens is 2. The Labute approximate surface area is 217 Å². The molecule has 3 fully saturated rings. The maximum Gasteiger partial charge on any atom is 0.224 e. The largest absolute Gasteiger partial charge is 0.497 e. The fraction of sp³-hybridized carbons (Fsp3) is 0.536. The average Bonchev–Trinajstić information content (AvgIpc) is 3.66. The van der Waals surface area contributed by atoms with Gasteiger partial charge in [0.15, 0.2) is 0 Å². The van der Waals surface area contributed by atoms with Crippen molar-refractivity contribution in [2.45, 2.75) is 56.1 Å². The molecule has 0 radical (unpaired) electrons. The number of ether oxygens (including phenoxy) is 1. The number of hydrogen-bond acceptors (Lipinski definition) is 4. The summed E-state index contributed by atoms with van der Waals surface area (Å²) in [5.74, 6) is 1.72. The van der Waals surface area contributed by atoms with Crippen molar-refractivity contribution >= 4 is 29.1 Å². The van der Waals surface area contributed by atoms with Crippen molar-refractivity contribution in [1.82, 2.24) is 10.2 Å². The van der Waals surface area contributed by atoms with Crippen molar-refractivity contribution in [2.75, 3.05) is 26.7 Å². The molecule has 2 aromatic rings. The molecule has 3 aliphatic rings. The van der Waals surface area contributed by atoms with Crippen LogP contribution in [0.25, 0.3) is 0 Å². The van der Waals surface area contributed by atoms with Gasteiger partial charge in [-0.05, 0) is 80.0 Å². The predicted molar refractivity (Wildman–Crippen MR) is 139 cm³/mol. The van der Waals surface area contributed by atoms with Gasteiger partial charge < -0.3 is 20.1 Å². The van der Waals surface area contributed by atoms with Crippen LogP contribution in [0.5, 0.6) is 5.75 Å². The smallest absolute Gasteiger partial charge is 0.224 e. The van der Waals surface area contributed by atoms with E-state index < -0.39 is 6.10 Å². The molecular formula is C28H34Cl2N2O3. The number of hydrogen-bond donors (Lipinski definition) is 2. The summed E-state index contributed by atoms with van der Waals surface area (Å²) in [4.78, 5) is 15.5. The van der Waals surface area contributed by atoms with Crippen LogP contribution >= 0.6 is 23.2 Å². The van der Waals surface area contributed by atoms with Gasteiger partial charge in [-0.2, -0.15) is 0 Å². The molecule has 4 atom stereocenters. The van der Waals surface area contributed by atoms with Crippen molar-refractivity contribution in [1.29, 1.82) is 0 Å². The predicted octanol–water partition coefficient (Wildman–Crippen LogP) is 4.85. The molecule has 2 aromatic carbocycles. The van der Waals surface area contributed by atoms with Crippen LogP contribution in [0.3, 0.4) is 0 Å². The first-order chi connectivity index (χ1) is 16.9. The Morgan fingerprint density at radius 3 is 2.77 bits per heavy atom. The lowest BCUT2D eigenvalue weighted by atomic mass is 9.57. The Morgan fingerprint density at radius 1 is 1.20 bits per heavy atom. The van der Waals surface area contributed by atoms with E-state index >= 15 is 0 Å². The van der Waals surface area contributed by atoms with Gasteiger partial charge in [0.25, 0.3) is 0 Å². The highest BCUT2D eigenvalue weighted by atomic mass is 35.5. The highest BCUT2D eigenvalue weighted by molar-refractivity contribution is 6.42. The Morgan fingerprint density at radius 2 is 2.03 bits per heavy atom. The van der Waals surface area contributed by atoms with Gasteiger partial charge in [-0.15, -0.1) is 0 Å². The molecule has 1 saturated heterocycles. The number of carbonyl (C=O) groups excluding carboxylic acids is 1. The number of amides is 1. The minimum Gasteiger partial charge on any atom is -0.497 e. The molecule has 5 nitrogen and oxygen atoms in total. The number of rotatable bonds is 7. The van der Waals surface area contributed by atoms with Gasteiger partial charge >= 0.3 is 0 Å². The standard InChI is InChI=1S/C28H34Cl2N2O3/c1-35-22-4-2-3-20(13-22)28-9-10-32(16-18-5-6-18)17-23(28)26(33)14-21(15-28)31-27(34)12-19-7-8-24(29)25(30)11-19/h2-4,7-8,11,13,18,21,23,26,33H,5-6,9-10,12,14-17H2,1H3,(H,31,34)/t21-,23-,26?,28-/m0/s1. The number of nitrogens with zero attached hydrogens (tertiary/aromatic N) is 1. The van der Waals surface area contributed by atoms with E-state index in [9.17, 15) is 9.90 Å². The van der Waals surface area contributed by atoms with Crippen molar-refractivity contribution < 1.29 is 14.6 Å². The number of fused-ring (bicyclic) bond motifs is 1. The fourth-order valence-electron chi connectivity index (χ4n) is 6.27. The maximum atomic E-state index is 13.0. The Hall–Kier alpha value is -1.79. The molecule has 1 aliphatic heterocycles. The van der Waals surface area contributed by atoms with Crippen molar-refractivity contribution in [3.8, 4) is 5.75 Å². The van der Waals surface area contributed by atoms with Gasteiger partial charge in [0.05, 0.1) is 29.7 Å². The molecule has 35 heavy (non-hydrogen) atoms. The number of nitrogens with one attached hydrogen (secondary N) is 1. The quantitative estimate of drug-likeness (QED) is 0.551. The van der Waals surface area contributed by atoms with E-state index in [1.165, 1.54) is 18.4 Å². The number of carbonyl (C=O) groups is 1. The van der Waals surface area contributed by atoms with Crippen LogP contribution < -0.4 is 10.1 Å². The molecule has 188 valence electrons. The van der Waals surface area contributed by atoms with E-state index in [1.54, 1.807) is 19.2 Å². The van der Waals surface area contributed by atoms with E-state index in [0.29, 0.717) is 16.5 Å². The average molecular weight is 517 g/mol. The number of benzene rings is 2.